The van der Waals surface area contributed by atoms with E-state index in [2.05, 4.69) is 45.5 Å². The van der Waals surface area contributed by atoms with Gasteiger partial charge < -0.3 is 10.2 Å². The van der Waals surface area contributed by atoms with Gasteiger partial charge in [0.2, 0.25) is 5.91 Å². The van der Waals surface area contributed by atoms with Crippen LogP contribution in [0.5, 0.6) is 0 Å². The number of benzene rings is 2. The molecule has 33 heavy (non-hydrogen) atoms. The van der Waals surface area contributed by atoms with E-state index in [1.54, 1.807) is 12.4 Å². The molecule has 1 N–H and O–H groups in total. The minimum Gasteiger partial charge on any atom is -0.339 e. The summed E-state index contributed by atoms with van der Waals surface area (Å²) < 4.78 is 0. The van der Waals surface area contributed by atoms with Gasteiger partial charge in [-0.25, -0.2) is 0 Å². The number of hydrogen-bond donors (Lipinski definition) is 1. The Hall–Kier alpha value is -3.53. The van der Waals surface area contributed by atoms with Gasteiger partial charge in [0.05, 0.1) is 12.1 Å². The van der Waals surface area contributed by atoms with Crippen LogP contribution in [0.1, 0.15) is 28.7 Å². The zero-order valence-electron chi connectivity index (χ0n) is 18.8. The van der Waals surface area contributed by atoms with E-state index in [1.165, 1.54) is 0 Å². The number of amides is 1. The molecule has 2 heterocycles. The molecule has 2 unspecified atom stereocenters. The molecule has 1 aromatic heterocycles. The van der Waals surface area contributed by atoms with Crippen LogP contribution in [0.2, 0.25) is 0 Å². The number of carbonyl (C=O) groups excluding carboxylic acids is 1. The molecule has 1 saturated heterocycles. The first-order chi connectivity index (χ1) is 16.2. The van der Waals surface area contributed by atoms with E-state index in [-0.39, 0.29) is 23.9 Å². The predicted octanol–water partition coefficient (Wildman–Crippen LogP) is 3.21. The summed E-state index contributed by atoms with van der Waals surface area (Å²) in [6.45, 7) is 2.48. The highest BCUT2D eigenvalue weighted by molar-refractivity contribution is 5.84. The molecule has 0 aliphatic carbocycles. The first kappa shape index (κ1) is 22.7. The summed E-state index contributed by atoms with van der Waals surface area (Å²) in [5.74, 6) is -0.00470. The van der Waals surface area contributed by atoms with Gasteiger partial charge in [0, 0.05) is 50.1 Å². The van der Waals surface area contributed by atoms with Crippen molar-refractivity contribution in [3.63, 3.8) is 0 Å². The third-order valence-corrected chi connectivity index (χ3v) is 6.34. The van der Waals surface area contributed by atoms with Gasteiger partial charge >= 0.3 is 0 Å². The highest BCUT2D eigenvalue weighted by Crippen LogP contribution is 2.30. The molecule has 0 bridgehead atoms. The van der Waals surface area contributed by atoms with E-state index in [0.717, 1.165) is 16.7 Å². The van der Waals surface area contributed by atoms with Crippen molar-refractivity contribution in [3.05, 3.63) is 102 Å². The van der Waals surface area contributed by atoms with E-state index in [4.69, 9.17) is 0 Å². The van der Waals surface area contributed by atoms with Crippen LogP contribution in [-0.4, -0.2) is 60.0 Å². The number of nitrogens with one attached hydrogen (secondary N) is 1. The van der Waals surface area contributed by atoms with E-state index in [1.807, 2.05) is 60.5 Å². The Kier molecular flexibility index (Phi) is 7.46. The molecule has 2 aromatic carbocycles. The van der Waals surface area contributed by atoms with Crippen molar-refractivity contribution in [2.75, 3.05) is 33.2 Å². The molecule has 6 nitrogen and oxygen atoms in total. The summed E-state index contributed by atoms with van der Waals surface area (Å²) in [5, 5.41) is 13.0. The van der Waals surface area contributed by atoms with Crippen LogP contribution in [0.4, 0.5) is 0 Å². The SMILES string of the molecule is CNC(C(=O)N1CCN(C(C#N)c2cccnc2)CC1)C(c1ccccc1)c1ccccc1. The number of carbonyl (C=O) groups is 1. The van der Waals surface area contributed by atoms with E-state index < -0.39 is 0 Å². The maximum atomic E-state index is 13.7. The molecule has 4 rings (SSSR count). The molecule has 1 amide bonds. The number of piperazine rings is 1. The molecule has 2 atom stereocenters. The number of nitriles is 1. The number of hydrogen-bond acceptors (Lipinski definition) is 5. The van der Waals surface area contributed by atoms with Gasteiger partial charge in [0.1, 0.15) is 6.04 Å². The summed E-state index contributed by atoms with van der Waals surface area (Å²) in [7, 11) is 1.85. The van der Waals surface area contributed by atoms with Gasteiger partial charge in [-0.2, -0.15) is 5.26 Å². The molecule has 0 spiro atoms. The van der Waals surface area contributed by atoms with E-state index in [9.17, 15) is 10.1 Å². The molecule has 1 fully saturated rings. The minimum absolute atomic E-state index is 0.0877. The maximum Gasteiger partial charge on any atom is 0.240 e. The Bertz CT molecular complexity index is 1020. The van der Waals surface area contributed by atoms with Crippen LogP contribution in [0, 0.1) is 11.3 Å². The first-order valence-electron chi connectivity index (χ1n) is 11.3. The van der Waals surface area contributed by atoms with Crippen molar-refractivity contribution in [1.82, 2.24) is 20.1 Å². The Morgan fingerprint density at radius 2 is 1.48 bits per heavy atom. The first-order valence-corrected chi connectivity index (χ1v) is 11.3. The summed E-state index contributed by atoms with van der Waals surface area (Å²) >= 11 is 0. The Labute approximate surface area is 195 Å². The topological polar surface area (TPSA) is 72.3 Å². The molecule has 6 heteroatoms. The van der Waals surface area contributed by atoms with Crippen molar-refractivity contribution < 1.29 is 4.79 Å². The van der Waals surface area contributed by atoms with Gasteiger partial charge in [-0.3, -0.25) is 14.7 Å². The zero-order chi connectivity index (χ0) is 23.0. The van der Waals surface area contributed by atoms with Gasteiger partial charge in [0.25, 0.3) is 0 Å². The highest BCUT2D eigenvalue weighted by atomic mass is 16.2. The lowest BCUT2D eigenvalue weighted by Crippen LogP contribution is -2.55. The lowest BCUT2D eigenvalue weighted by atomic mass is 9.84. The molecule has 1 aliphatic rings. The minimum atomic E-state index is -0.383. The third-order valence-electron chi connectivity index (χ3n) is 6.34. The van der Waals surface area contributed by atoms with Crippen LogP contribution < -0.4 is 5.32 Å². The highest BCUT2D eigenvalue weighted by Gasteiger charge is 2.35. The van der Waals surface area contributed by atoms with Crippen LogP contribution in [0.25, 0.3) is 0 Å². The number of aromatic nitrogens is 1. The van der Waals surface area contributed by atoms with Crippen LogP contribution in [0.3, 0.4) is 0 Å². The normalized spacial score (nSPS) is 16.2. The monoisotopic (exact) mass is 439 g/mol. The number of pyridine rings is 1. The second-order valence-corrected chi connectivity index (χ2v) is 8.24. The summed E-state index contributed by atoms with van der Waals surface area (Å²) in [6.07, 6.45) is 3.45. The van der Waals surface area contributed by atoms with Crippen molar-refractivity contribution in [3.8, 4) is 6.07 Å². The average Bonchev–Trinajstić information content (AvgIpc) is 2.89. The predicted molar refractivity (Wildman–Crippen MR) is 128 cm³/mol. The standard InChI is InChI=1S/C27H29N5O/c1-29-26(25(21-9-4-2-5-10-21)22-11-6-3-7-12-22)27(33)32-17-15-31(16-18-32)24(19-28)23-13-8-14-30-20-23/h2-14,20,24-26,29H,15-18H2,1H3. The molecule has 0 saturated carbocycles. The largest absolute Gasteiger partial charge is 0.339 e. The average molecular weight is 440 g/mol. The van der Waals surface area contributed by atoms with E-state index in [0.29, 0.717) is 26.2 Å². The lowest BCUT2D eigenvalue weighted by Gasteiger charge is -2.39. The van der Waals surface area contributed by atoms with Crippen molar-refractivity contribution >= 4 is 5.91 Å². The second-order valence-electron chi connectivity index (χ2n) is 8.24. The van der Waals surface area contributed by atoms with Gasteiger partial charge in [-0.1, -0.05) is 66.7 Å². The molecule has 3 aromatic rings. The van der Waals surface area contributed by atoms with Gasteiger partial charge in [-0.15, -0.1) is 0 Å². The summed E-state index contributed by atoms with van der Waals surface area (Å²) in [6, 6.07) is 25.8. The third kappa shape index (κ3) is 5.11. The fourth-order valence-corrected chi connectivity index (χ4v) is 4.63. The maximum absolute atomic E-state index is 13.7. The second kappa shape index (κ2) is 10.9. The van der Waals surface area contributed by atoms with Crippen LogP contribution in [-0.2, 0) is 4.79 Å². The lowest BCUT2D eigenvalue weighted by molar-refractivity contribution is -0.135. The van der Waals surface area contributed by atoms with Crippen molar-refractivity contribution in [1.29, 1.82) is 5.26 Å². The van der Waals surface area contributed by atoms with E-state index >= 15 is 0 Å². The fourth-order valence-electron chi connectivity index (χ4n) is 4.63. The molecule has 168 valence electrons. The van der Waals surface area contributed by atoms with Gasteiger partial charge in [0.15, 0.2) is 0 Å². The molecular weight excluding hydrogens is 410 g/mol. The fraction of sp³-hybridized carbons (Fsp3) is 0.296. The molecule has 1 aliphatic heterocycles. The van der Waals surface area contributed by atoms with Crippen molar-refractivity contribution in [2.45, 2.75) is 18.0 Å². The Morgan fingerprint density at radius 3 is 1.97 bits per heavy atom. The number of rotatable bonds is 7. The Balaban J connectivity index is 1.51. The smallest absolute Gasteiger partial charge is 0.240 e. The Morgan fingerprint density at radius 1 is 0.909 bits per heavy atom. The van der Waals surface area contributed by atoms with Crippen LogP contribution >= 0.6 is 0 Å². The number of likely N-dealkylation sites (N-methyl/N-ethyl adjacent to an activating group) is 1. The quantitative estimate of drug-likeness (QED) is 0.612. The number of nitrogens with zero attached hydrogens (tertiary/aromatic N) is 4. The van der Waals surface area contributed by atoms with Crippen LogP contribution in [0.15, 0.2) is 85.2 Å². The summed E-state index contributed by atoms with van der Waals surface area (Å²) in [5.41, 5.74) is 3.11. The van der Waals surface area contributed by atoms with Gasteiger partial charge in [-0.05, 0) is 24.2 Å². The van der Waals surface area contributed by atoms with Crippen molar-refractivity contribution in [2.24, 2.45) is 0 Å². The molecular formula is C27H29N5O. The zero-order valence-corrected chi connectivity index (χ0v) is 18.8. The summed E-state index contributed by atoms with van der Waals surface area (Å²) in [4.78, 5) is 21.9. The molecule has 0 radical (unpaired) electrons.